The first kappa shape index (κ1) is 21.8. The quantitative estimate of drug-likeness (QED) is 0.796. The van der Waals surface area contributed by atoms with Gasteiger partial charge in [0.2, 0.25) is 0 Å². The lowest BCUT2D eigenvalue weighted by Crippen LogP contribution is -2.56. The van der Waals surface area contributed by atoms with Crippen LogP contribution in [0.25, 0.3) is 0 Å². The lowest BCUT2D eigenvalue weighted by Gasteiger charge is -2.44. The second-order valence-electron chi connectivity index (χ2n) is 8.04. The minimum Gasteiger partial charge on any atom is -0.496 e. The van der Waals surface area contributed by atoms with Crippen molar-refractivity contribution >= 4 is 5.69 Å². The summed E-state index contributed by atoms with van der Waals surface area (Å²) in [6.45, 7) is 2.54. The van der Waals surface area contributed by atoms with Gasteiger partial charge >= 0.3 is 6.18 Å². The molecule has 1 aliphatic heterocycles. The Kier molecular flexibility index (Phi) is 6.03. The van der Waals surface area contributed by atoms with E-state index in [-0.39, 0.29) is 6.04 Å². The zero-order valence-corrected chi connectivity index (χ0v) is 17.7. The molecule has 168 valence electrons. The van der Waals surface area contributed by atoms with E-state index in [1.807, 2.05) is 17.0 Å². The Hall–Kier alpha value is -2.45. The second kappa shape index (κ2) is 8.59. The first-order valence-corrected chi connectivity index (χ1v) is 10.4. The van der Waals surface area contributed by atoms with Gasteiger partial charge in [-0.05, 0) is 36.8 Å². The van der Waals surface area contributed by atoms with Gasteiger partial charge in [-0.2, -0.15) is 13.2 Å². The van der Waals surface area contributed by atoms with Gasteiger partial charge in [-0.1, -0.05) is 6.07 Å². The molecule has 2 aromatic carbocycles. The lowest BCUT2D eigenvalue weighted by molar-refractivity contribution is -0.137. The van der Waals surface area contributed by atoms with E-state index in [1.165, 1.54) is 12.1 Å². The number of aliphatic hydroxyl groups is 1. The summed E-state index contributed by atoms with van der Waals surface area (Å²) < 4.78 is 50.2. The van der Waals surface area contributed by atoms with Crippen molar-refractivity contribution in [2.75, 3.05) is 45.3 Å². The van der Waals surface area contributed by atoms with E-state index in [9.17, 15) is 18.3 Å². The van der Waals surface area contributed by atoms with Crippen molar-refractivity contribution in [2.45, 2.75) is 31.2 Å². The molecule has 0 spiro atoms. The molecule has 0 aromatic heterocycles. The van der Waals surface area contributed by atoms with Crippen molar-refractivity contribution in [1.29, 1.82) is 0 Å². The smallest absolute Gasteiger partial charge is 0.416 e. The van der Waals surface area contributed by atoms with Gasteiger partial charge in [-0.25, -0.2) is 0 Å². The van der Waals surface area contributed by atoms with E-state index in [4.69, 9.17) is 9.47 Å². The number of benzene rings is 2. The normalized spacial score (nSPS) is 22.2. The first-order chi connectivity index (χ1) is 14.8. The standard InChI is InChI=1S/C23H27F3N2O3/c1-30-21-6-7-22(31-2)18-14-20(29)19(13-17(18)21)28-10-8-27(9-11-28)16-5-3-4-15(12-16)23(24,25)26/h3-7,12,19-20,29H,8-11,13-14H2,1-2H3/t19-,20-/m0/s1. The number of hydrogen-bond acceptors (Lipinski definition) is 5. The Bertz CT molecular complexity index is 927. The molecule has 4 rings (SSSR count). The molecule has 1 N–H and O–H groups in total. The fourth-order valence-electron chi connectivity index (χ4n) is 4.73. The number of fused-ring (bicyclic) bond motifs is 1. The van der Waals surface area contributed by atoms with Gasteiger partial charge in [0.15, 0.2) is 0 Å². The summed E-state index contributed by atoms with van der Waals surface area (Å²) in [4.78, 5) is 4.20. The monoisotopic (exact) mass is 436 g/mol. The highest BCUT2D eigenvalue weighted by Gasteiger charge is 2.36. The summed E-state index contributed by atoms with van der Waals surface area (Å²) in [5.74, 6) is 1.54. The molecule has 2 aromatic rings. The Balaban J connectivity index is 1.48. The molecule has 2 aliphatic rings. The van der Waals surface area contributed by atoms with Crippen LogP contribution in [-0.2, 0) is 19.0 Å². The average Bonchev–Trinajstić information content (AvgIpc) is 2.77. The number of anilines is 1. The summed E-state index contributed by atoms with van der Waals surface area (Å²) >= 11 is 0. The van der Waals surface area contributed by atoms with Gasteiger partial charge in [0.25, 0.3) is 0 Å². The summed E-state index contributed by atoms with van der Waals surface area (Å²) in [7, 11) is 3.25. The Morgan fingerprint density at radius 2 is 1.52 bits per heavy atom. The van der Waals surface area contributed by atoms with Gasteiger partial charge in [-0.15, -0.1) is 0 Å². The third-order valence-corrected chi connectivity index (χ3v) is 6.38. The fourth-order valence-corrected chi connectivity index (χ4v) is 4.73. The third-order valence-electron chi connectivity index (χ3n) is 6.38. The van der Waals surface area contributed by atoms with Crippen molar-refractivity contribution in [3.8, 4) is 11.5 Å². The van der Waals surface area contributed by atoms with Crippen molar-refractivity contribution in [2.24, 2.45) is 0 Å². The predicted molar refractivity (Wildman–Crippen MR) is 112 cm³/mol. The zero-order valence-electron chi connectivity index (χ0n) is 17.7. The van der Waals surface area contributed by atoms with Gasteiger partial charge in [-0.3, -0.25) is 4.90 Å². The van der Waals surface area contributed by atoms with Crippen molar-refractivity contribution < 1.29 is 27.8 Å². The molecular weight excluding hydrogens is 409 g/mol. The number of methoxy groups -OCH3 is 2. The molecular formula is C23H27F3N2O3. The highest BCUT2D eigenvalue weighted by Crippen LogP contribution is 2.38. The van der Waals surface area contributed by atoms with Crippen LogP contribution in [0.1, 0.15) is 16.7 Å². The summed E-state index contributed by atoms with van der Waals surface area (Å²) in [5, 5.41) is 10.9. The minimum atomic E-state index is -4.35. The minimum absolute atomic E-state index is 0.0721. The molecule has 0 amide bonds. The Morgan fingerprint density at radius 1 is 0.903 bits per heavy atom. The molecule has 0 unspecified atom stereocenters. The molecule has 0 bridgehead atoms. The van der Waals surface area contributed by atoms with E-state index in [0.717, 1.165) is 28.7 Å². The molecule has 0 saturated carbocycles. The number of hydrogen-bond donors (Lipinski definition) is 1. The van der Waals surface area contributed by atoms with Gasteiger partial charge in [0.05, 0.1) is 25.9 Å². The van der Waals surface area contributed by atoms with Gasteiger partial charge in [0.1, 0.15) is 11.5 Å². The van der Waals surface area contributed by atoms with Crippen LogP contribution in [0.15, 0.2) is 36.4 Å². The zero-order chi connectivity index (χ0) is 22.2. The second-order valence-corrected chi connectivity index (χ2v) is 8.04. The van der Waals surface area contributed by atoms with E-state index in [1.54, 1.807) is 20.3 Å². The topological polar surface area (TPSA) is 45.2 Å². The van der Waals surface area contributed by atoms with Crippen LogP contribution in [0.3, 0.4) is 0 Å². The molecule has 2 atom stereocenters. The predicted octanol–water partition coefficient (Wildman–Crippen LogP) is 3.37. The molecule has 1 fully saturated rings. The largest absolute Gasteiger partial charge is 0.496 e. The molecule has 8 heteroatoms. The number of rotatable bonds is 4. The SMILES string of the molecule is COc1ccc(OC)c2c1C[C@H](O)[C@@H](N1CCN(c3cccc(C(F)(F)F)c3)CC1)C2. The van der Waals surface area contributed by atoms with Crippen molar-refractivity contribution in [3.63, 3.8) is 0 Å². The maximum absolute atomic E-state index is 13.0. The van der Waals surface area contributed by atoms with Gasteiger partial charge in [0, 0.05) is 55.5 Å². The van der Waals surface area contributed by atoms with Crippen LogP contribution in [0, 0.1) is 0 Å². The van der Waals surface area contributed by atoms with Crippen molar-refractivity contribution in [3.05, 3.63) is 53.1 Å². The van der Waals surface area contributed by atoms with Crippen LogP contribution < -0.4 is 14.4 Å². The molecule has 1 heterocycles. The van der Waals surface area contributed by atoms with Gasteiger partial charge < -0.3 is 19.5 Å². The highest BCUT2D eigenvalue weighted by atomic mass is 19.4. The van der Waals surface area contributed by atoms with E-state index < -0.39 is 17.8 Å². The number of piperazine rings is 1. The van der Waals surface area contributed by atoms with Crippen LogP contribution >= 0.6 is 0 Å². The molecule has 1 saturated heterocycles. The Morgan fingerprint density at radius 3 is 2.10 bits per heavy atom. The van der Waals surface area contributed by atoms with E-state index in [0.29, 0.717) is 44.7 Å². The summed E-state index contributed by atoms with van der Waals surface area (Å²) in [6.07, 6.45) is -3.78. The molecule has 5 nitrogen and oxygen atoms in total. The number of halogens is 3. The fraction of sp³-hybridized carbons (Fsp3) is 0.478. The summed E-state index contributed by atoms with van der Waals surface area (Å²) in [5.41, 5.74) is 1.98. The summed E-state index contributed by atoms with van der Waals surface area (Å²) in [6, 6.07) is 9.14. The number of alkyl halides is 3. The average molecular weight is 436 g/mol. The molecule has 31 heavy (non-hydrogen) atoms. The highest BCUT2D eigenvalue weighted by molar-refractivity contribution is 5.52. The van der Waals surface area contributed by atoms with Crippen LogP contribution in [0.5, 0.6) is 11.5 Å². The van der Waals surface area contributed by atoms with Crippen LogP contribution in [0.4, 0.5) is 18.9 Å². The maximum Gasteiger partial charge on any atom is 0.416 e. The lowest BCUT2D eigenvalue weighted by atomic mass is 9.84. The Labute approximate surface area is 180 Å². The van der Waals surface area contributed by atoms with Crippen LogP contribution in [-0.4, -0.2) is 62.6 Å². The van der Waals surface area contributed by atoms with Crippen molar-refractivity contribution in [1.82, 2.24) is 4.90 Å². The number of ether oxygens (including phenoxy) is 2. The number of aliphatic hydroxyl groups excluding tert-OH is 1. The molecule has 1 aliphatic carbocycles. The maximum atomic E-state index is 13.0. The first-order valence-electron chi connectivity index (χ1n) is 10.4. The van der Waals surface area contributed by atoms with Crippen LogP contribution in [0.2, 0.25) is 0 Å². The number of nitrogens with zero attached hydrogens (tertiary/aromatic N) is 2. The molecule has 0 radical (unpaired) electrons. The third kappa shape index (κ3) is 4.32. The van der Waals surface area contributed by atoms with E-state index >= 15 is 0 Å². The van der Waals surface area contributed by atoms with E-state index in [2.05, 4.69) is 4.90 Å².